The van der Waals surface area contributed by atoms with Gasteiger partial charge < -0.3 is 14.3 Å². The number of nitro benzene ring substituents is 1. The van der Waals surface area contributed by atoms with Crippen LogP contribution < -0.4 is 9.47 Å². The summed E-state index contributed by atoms with van der Waals surface area (Å²) in [4.78, 5) is 15.6. The van der Waals surface area contributed by atoms with Gasteiger partial charge in [0.25, 0.3) is 5.69 Å². The van der Waals surface area contributed by atoms with Crippen LogP contribution in [0.15, 0.2) is 64.2 Å². The number of ether oxygens (including phenoxy) is 2. The highest BCUT2D eigenvalue weighted by molar-refractivity contribution is 9.10. The fourth-order valence-corrected chi connectivity index (χ4v) is 3.75. The second kappa shape index (κ2) is 11.2. The summed E-state index contributed by atoms with van der Waals surface area (Å²) in [7, 11) is 1.53. The molecule has 0 N–H and O–H groups in total. The molecule has 0 radical (unpaired) electrons. The molecule has 0 atom stereocenters. The number of nitrogens with zero attached hydrogens (tertiary/aromatic N) is 2. The van der Waals surface area contributed by atoms with Crippen molar-refractivity contribution in [2.75, 3.05) is 7.11 Å². The first-order valence-corrected chi connectivity index (χ1v) is 10.7. The van der Waals surface area contributed by atoms with Crippen LogP contribution >= 0.6 is 39.1 Å². The number of hydrogen-bond acceptors (Lipinski definition) is 6. The molecular formula is C22H17BrCl2N2O5. The molecule has 0 heterocycles. The van der Waals surface area contributed by atoms with E-state index in [4.69, 9.17) is 37.5 Å². The Labute approximate surface area is 202 Å². The molecule has 10 heteroatoms. The molecule has 0 bridgehead atoms. The van der Waals surface area contributed by atoms with Crippen LogP contribution in [0.3, 0.4) is 0 Å². The maximum absolute atomic E-state index is 10.8. The number of halogens is 3. The minimum atomic E-state index is -0.457. The maximum atomic E-state index is 10.8. The zero-order valence-corrected chi connectivity index (χ0v) is 19.9. The molecule has 0 unspecified atom stereocenters. The summed E-state index contributed by atoms with van der Waals surface area (Å²) < 4.78 is 12.0. The van der Waals surface area contributed by atoms with Gasteiger partial charge in [-0.25, -0.2) is 0 Å². The van der Waals surface area contributed by atoms with Gasteiger partial charge in [0.1, 0.15) is 13.2 Å². The topological polar surface area (TPSA) is 83.2 Å². The zero-order valence-electron chi connectivity index (χ0n) is 16.8. The highest BCUT2D eigenvalue weighted by Gasteiger charge is 2.13. The van der Waals surface area contributed by atoms with Gasteiger partial charge in [0.15, 0.2) is 11.5 Å². The molecule has 0 amide bonds. The average Bonchev–Trinajstić information content (AvgIpc) is 2.77. The van der Waals surface area contributed by atoms with Gasteiger partial charge in [-0.15, -0.1) is 0 Å². The van der Waals surface area contributed by atoms with Crippen LogP contribution in [-0.4, -0.2) is 18.2 Å². The minimum Gasteiger partial charge on any atom is -0.493 e. The van der Waals surface area contributed by atoms with E-state index >= 15 is 0 Å². The summed E-state index contributed by atoms with van der Waals surface area (Å²) >= 11 is 15.6. The fourth-order valence-electron chi connectivity index (χ4n) is 2.71. The first-order chi connectivity index (χ1) is 15.4. The van der Waals surface area contributed by atoms with Crippen LogP contribution in [0, 0.1) is 10.1 Å². The summed E-state index contributed by atoms with van der Waals surface area (Å²) in [5, 5.41) is 15.8. The third kappa shape index (κ3) is 6.35. The first-order valence-electron chi connectivity index (χ1n) is 9.20. The Morgan fingerprint density at radius 2 is 1.94 bits per heavy atom. The molecule has 3 rings (SSSR count). The van der Waals surface area contributed by atoms with Gasteiger partial charge in [0, 0.05) is 33.3 Å². The predicted molar refractivity (Wildman–Crippen MR) is 127 cm³/mol. The van der Waals surface area contributed by atoms with E-state index in [0.717, 1.165) is 5.56 Å². The quantitative estimate of drug-likeness (QED) is 0.169. The average molecular weight is 540 g/mol. The molecule has 0 aromatic heterocycles. The Morgan fingerprint density at radius 3 is 2.66 bits per heavy atom. The summed E-state index contributed by atoms with van der Waals surface area (Å²) in [6, 6.07) is 14.9. The highest BCUT2D eigenvalue weighted by atomic mass is 79.9. The lowest BCUT2D eigenvalue weighted by molar-refractivity contribution is -0.384. The third-order valence-corrected chi connectivity index (χ3v) is 5.44. The van der Waals surface area contributed by atoms with E-state index in [1.54, 1.807) is 42.5 Å². The standard InChI is InChI=1S/C22H17BrCl2N2O5/c1-30-21-9-15(11-26-32-12-14-3-2-4-18(7-14)27(28)29)8-19(23)22(21)31-13-16-5-6-17(24)10-20(16)25/h2-11H,12-13H2,1H3/b26-11-. The summed E-state index contributed by atoms with van der Waals surface area (Å²) in [5.74, 6) is 0.998. The smallest absolute Gasteiger partial charge is 0.269 e. The van der Waals surface area contributed by atoms with E-state index in [9.17, 15) is 10.1 Å². The van der Waals surface area contributed by atoms with E-state index in [1.165, 1.54) is 25.5 Å². The van der Waals surface area contributed by atoms with E-state index in [1.807, 2.05) is 0 Å². The van der Waals surface area contributed by atoms with Crippen molar-refractivity contribution in [1.82, 2.24) is 0 Å². The largest absolute Gasteiger partial charge is 0.493 e. The Balaban J connectivity index is 1.66. The monoisotopic (exact) mass is 538 g/mol. The van der Waals surface area contributed by atoms with Crippen LogP contribution in [0.25, 0.3) is 0 Å². The van der Waals surface area contributed by atoms with Crippen molar-refractivity contribution in [1.29, 1.82) is 0 Å². The minimum absolute atomic E-state index is 0.000719. The number of non-ortho nitro benzene ring substituents is 1. The van der Waals surface area contributed by atoms with Gasteiger partial charge >= 0.3 is 0 Å². The SMILES string of the molecule is COc1cc(/C=N\OCc2cccc([N+](=O)[O-])c2)cc(Br)c1OCc1ccc(Cl)cc1Cl. The lowest BCUT2D eigenvalue weighted by atomic mass is 10.2. The molecule has 7 nitrogen and oxygen atoms in total. The van der Waals surface area contributed by atoms with Crippen molar-refractivity contribution >= 4 is 51.0 Å². The first kappa shape index (κ1) is 23.8. The fraction of sp³-hybridized carbons (Fsp3) is 0.136. The van der Waals surface area contributed by atoms with Crippen molar-refractivity contribution in [2.24, 2.45) is 5.16 Å². The number of oxime groups is 1. The van der Waals surface area contributed by atoms with E-state index in [0.29, 0.717) is 37.1 Å². The molecule has 32 heavy (non-hydrogen) atoms. The number of methoxy groups -OCH3 is 1. The van der Waals surface area contributed by atoms with Crippen LogP contribution in [0.4, 0.5) is 5.69 Å². The molecule has 0 fully saturated rings. The normalized spacial score (nSPS) is 10.9. The van der Waals surface area contributed by atoms with Gasteiger partial charge in [-0.3, -0.25) is 10.1 Å². The molecule has 166 valence electrons. The van der Waals surface area contributed by atoms with Crippen molar-refractivity contribution in [3.63, 3.8) is 0 Å². The third-order valence-electron chi connectivity index (χ3n) is 4.27. The van der Waals surface area contributed by atoms with Gasteiger partial charge in [0.2, 0.25) is 0 Å². The lowest BCUT2D eigenvalue weighted by Crippen LogP contribution is -2.00. The second-order valence-corrected chi connectivity index (χ2v) is 8.19. The summed E-state index contributed by atoms with van der Waals surface area (Å²) in [6.07, 6.45) is 1.50. The molecule has 3 aromatic carbocycles. The number of benzene rings is 3. The number of nitro groups is 1. The van der Waals surface area contributed by atoms with Gasteiger partial charge in [-0.2, -0.15) is 0 Å². The Hall–Kier alpha value is -2.81. The van der Waals surface area contributed by atoms with Gasteiger partial charge in [-0.1, -0.05) is 46.6 Å². The lowest BCUT2D eigenvalue weighted by Gasteiger charge is -2.14. The molecule has 3 aromatic rings. The van der Waals surface area contributed by atoms with Crippen molar-refractivity contribution in [3.8, 4) is 11.5 Å². The zero-order chi connectivity index (χ0) is 23.1. The molecule has 0 aliphatic rings. The van der Waals surface area contributed by atoms with Crippen LogP contribution in [0.5, 0.6) is 11.5 Å². The Morgan fingerprint density at radius 1 is 1.12 bits per heavy atom. The predicted octanol–water partition coefficient (Wildman–Crippen LogP) is 6.80. The van der Waals surface area contributed by atoms with E-state index in [2.05, 4.69) is 21.1 Å². The molecular weight excluding hydrogens is 523 g/mol. The van der Waals surface area contributed by atoms with Gasteiger partial charge in [0.05, 0.1) is 22.7 Å². The second-order valence-electron chi connectivity index (χ2n) is 6.49. The summed E-state index contributed by atoms with van der Waals surface area (Å²) in [5.41, 5.74) is 2.12. The van der Waals surface area contributed by atoms with Crippen molar-refractivity contribution < 1.29 is 19.2 Å². The molecule has 0 saturated heterocycles. The Kier molecular flexibility index (Phi) is 8.33. The van der Waals surface area contributed by atoms with Crippen LogP contribution in [0.2, 0.25) is 10.0 Å². The molecule has 0 aliphatic carbocycles. The van der Waals surface area contributed by atoms with Crippen molar-refractivity contribution in [2.45, 2.75) is 13.2 Å². The number of rotatable bonds is 9. The van der Waals surface area contributed by atoms with Crippen LogP contribution in [0.1, 0.15) is 16.7 Å². The summed E-state index contributed by atoms with van der Waals surface area (Å²) in [6.45, 7) is 0.324. The molecule has 0 spiro atoms. The number of hydrogen-bond donors (Lipinski definition) is 0. The van der Waals surface area contributed by atoms with Crippen molar-refractivity contribution in [3.05, 3.63) is 95.9 Å². The van der Waals surface area contributed by atoms with E-state index < -0.39 is 4.92 Å². The maximum Gasteiger partial charge on any atom is 0.269 e. The Bertz CT molecular complexity index is 1160. The molecule has 0 saturated carbocycles. The highest BCUT2D eigenvalue weighted by Crippen LogP contribution is 2.37. The molecule has 0 aliphatic heterocycles. The van der Waals surface area contributed by atoms with E-state index in [-0.39, 0.29) is 18.9 Å². The van der Waals surface area contributed by atoms with Gasteiger partial charge in [-0.05, 0) is 45.8 Å². The van der Waals surface area contributed by atoms with Crippen LogP contribution in [-0.2, 0) is 18.1 Å².